The normalized spacial score (nSPS) is 12.7. The van der Waals surface area contributed by atoms with Crippen molar-refractivity contribution in [3.05, 3.63) is 85.1 Å². The van der Waals surface area contributed by atoms with Gasteiger partial charge in [0.2, 0.25) is 0 Å². The van der Waals surface area contributed by atoms with E-state index in [2.05, 4.69) is 106 Å². The second-order valence-corrected chi connectivity index (χ2v) is 19.3. The highest BCUT2D eigenvalue weighted by atomic mass is 16.6. The number of rotatable bonds is 52. The Balaban J connectivity index is 4.48. The highest BCUT2D eigenvalue weighted by Gasteiger charge is 2.19. The predicted octanol–water partition coefficient (Wildman–Crippen LogP) is 19.5. The first kappa shape index (κ1) is 65.6. The van der Waals surface area contributed by atoms with Crippen LogP contribution in [-0.4, -0.2) is 37.2 Å². The van der Waals surface area contributed by atoms with Crippen molar-refractivity contribution in [1.29, 1.82) is 0 Å². The van der Waals surface area contributed by atoms with Crippen molar-refractivity contribution in [3.63, 3.8) is 0 Å². The third-order valence-electron chi connectivity index (χ3n) is 12.5. The van der Waals surface area contributed by atoms with Crippen LogP contribution in [-0.2, 0) is 28.6 Å². The van der Waals surface area contributed by atoms with Crippen molar-refractivity contribution < 1.29 is 28.6 Å². The van der Waals surface area contributed by atoms with Crippen LogP contribution in [0.15, 0.2) is 85.1 Å². The van der Waals surface area contributed by atoms with E-state index in [0.29, 0.717) is 19.3 Å². The lowest BCUT2D eigenvalue weighted by Crippen LogP contribution is -2.30. The van der Waals surface area contributed by atoms with E-state index >= 15 is 0 Å². The van der Waals surface area contributed by atoms with Gasteiger partial charge in [-0.3, -0.25) is 14.4 Å². The van der Waals surface area contributed by atoms with E-state index < -0.39 is 6.10 Å². The molecule has 0 bridgehead atoms. The maximum atomic E-state index is 12.9. The predicted molar refractivity (Wildman–Crippen MR) is 297 cm³/mol. The molecule has 0 spiro atoms. The molecule has 0 radical (unpaired) electrons. The summed E-state index contributed by atoms with van der Waals surface area (Å²) in [7, 11) is 0. The van der Waals surface area contributed by atoms with E-state index in [9.17, 15) is 14.4 Å². The summed E-state index contributed by atoms with van der Waals surface area (Å²) in [5.74, 6) is -0.932. The van der Waals surface area contributed by atoms with Crippen LogP contribution < -0.4 is 0 Å². The molecule has 1 atom stereocenters. The van der Waals surface area contributed by atoms with Crippen molar-refractivity contribution >= 4 is 17.9 Å². The first-order valence-corrected chi connectivity index (χ1v) is 29.2. The van der Waals surface area contributed by atoms with Crippen LogP contribution in [0, 0.1) is 0 Å². The molecule has 0 amide bonds. The lowest BCUT2D eigenvalue weighted by molar-refractivity contribution is -0.167. The fourth-order valence-corrected chi connectivity index (χ4v) is 8.03. The topological polar surface area (TPSA) is 78.9 Å². The minimum atomic E-state index is -0.799. The van der Waals surface area contributed by atoms with E-state index in [1.54, 1.807) is 0 Å². The van der Waals surface area contributed by atoms with Crippen molar-refractivity contribution in [2.24, 2.45) is 0 Å². The number of esters is 3. The van der Waals surface area contributed by atoms with Gasteiger partial charge < -0.3 is 14.2 Å². The zero-order valence-corrected chi connectivity index (χ0v) is 45.3. The molecule has 0 rings (SSSR count). The highest BCUT2D eigenvalue weighted by molar-refractivity contribution is 5.71. The van der Waals surface area contributed by atoms with Crippen LogP contribution in [0.3, 0.4) is 0 Å². The zero-order valence-electron chi connectivity index (χ0n) is 45.3. The summed E-state index contributed by atoms with van der Waals surface area (Å²) in [6.45, 7) is 6.57. The van der Waals surface area contributed by atoms with Crippen LogP contribution in [0.2, 0.25) is 0 Å². The van der Waals surface area contributed by atoms with E-state index in [-0.39, 0.29) is 31.1 Å². The Labute approximate surface area is 426 Å². The first-order chi connectivity index (χ1) is 34.0. The summed E-state index contributed by atoms with van der Waals surface area (Å²) in [5, 5.41) is 0. The van der Waals surface area contributed by atoms with Gasteiger partial charge in [-0.05, 0) is 96.3 Å². The van der Waals surface area contributed by atoms with E-state index in [4.69, 9.17) is 14.2 Å². The molecule has 0 aromatic carbocycles. The molecule has 0 aliphatic carbocycles. The van der Waals surface area contributed by atoms with Crippen molar-refractivity contribution in [3.8, 4) is 0 Å². The average Bonchev–Trinajstić information content (AvgIpc) is 3.35. The Hall–Kier alpha value is -3.41. The second-order valence-electron chi connectivity index (χ2n) is 19.3. The Morgan fingerprint density at radius 2 is 0.536 bits per heavy atom. The Kier molecular flexibility index (Phi) is 54.3. The summed E-state index contributed by atoms with van der Waals surface area (Å²) >= 11 is 0. The highest BCUT2D eigenvalue weighted by Crippen LogP contribution is 2.14. The summed E-state index contributed by atoms with van der Waals surface area (Å²) < 4.78 is 16.8. The molecule has 0 saturated carbocycles. The summed E-state index contributed by atoms with van der Waals surface area (Å²) in [6, 6.07) is 0. The summed E-state index contributed by atoms with van der Waals surface area (Å²) in [4.78, 5) is 38.2. The van der Waals surface area contributed by atoms with Gasteiger partial charge >= 0.3 is 17.9 Å². The number of hydrogen-bond acceptors (Lipinski definition) is 6. The molecule has 0 aliphatic rings. The number of ether oxygens (including phenoxy) is 3. The average molecular weight is 962 g/mol. The molecule has 0 saturated heterocycles. The third-order valence-corrected chi connectivity index (χ3v) is 12.5. The van der Waals surface area contributed by atoms with Crippen LogP contribution in [0.5, 0.6) is 0 Å². The number of unbranched alkanes of at least 4 members (excludes halogenated alkanes) is 31. The lowest BCUT2D eigenvalue weighted by atomic mass is 10.1. The molecule has 1 unspecified atom stereocenters. The van der Waals surface area contributed by atoms with E-state index in [1.807, 2.05) is 0 Å². The molecular weight excluding hydrogens is 853 g/mol. The molecule has 0 heterocycles. The molecular formula is C63H108O6. The first-order valence-electron chi connectivity index (χ1n) is 29.2. The van der Waals surface area contributed by atoms with E-state index in [1.165, 1.54) is 128 Å². The lowest BCUT2D eigenvalue weighted by Gasteiger charge is -2.18. The van der Waals surface area contributed by atoms with Crippen molar-refractivity contribution in [1.82, 2.24) is 0 Å². The minimum absolute atomic E-state index is 0.0940. The smallest absolute Gasteiger partial charge is 0.306 e. The van der Waals surface area contributed by atoms with Gasteiger partial charge in [-0.2, -0.15) is 0 Å². The Morgan fingerprint density at radius 1 is 0.290 bits per heavy atom. The summed E-state index contributed by atoms with van der Waals surface area (Å²) in [5.41, 5.74) is 0. The molecule has 396 valence electrons. The van der Waals surface area contributed by atoms with Gasteiger partial charge in [0.05, 0.1) is 0 Å². The minimum Gasteiger partial charge on any atom is -0.462 e. The number of allylic oxidation sites excluding steroid dienone is 14. The van der Waals surface area contributed by atoms with Gasteiger partial charge in [0, 0.05) is 19.3 Å². The van der Waals surface area contributed by atoms with Gasteiger partial charge in [0.1, 0.15) is 13.2 Å². The second kappa shape index (κ2) is 57.2. The zero-order chi connectivity index (χ0) is 50.0. The molecule has 0 N–H and O–H groups in total. The number of carbonyl (C=O) groups is 3. The van der Waals surface area contributed by atoms with Gasteiger partial charge in [-0.15, -0.1) is 0 Å². The molecule has 0 aromatic heterocycles. The van der Waals surface area contributed by atoms with Crippen molar-refractivity contribution in [2.75, 3.05) is 13.2 Å². The third kappa shape index (κ3) is 55.4. The largest absolute Gasteiger partial charge is 0.462 e. The SMILES string of the molecule is CCCCCC/C=C\CCCCCCCCCC(=O)OCC(COC(=O)CCCCCCC\C=C/C=C\C=C/CCCCCCC)OC(=O)CCCCCCC\C=C/C=C\C=C/CCCCCCC. The molecule has 6 heteroatoms. The quantitative estimate of drug-likeness (QED) is 0.0199. The number of carbonyl (C=O) groups excluding carboxylic acids is 3. The van der Waals surface area contributed by atoms with Crippen LogP contribution in [0.4, 0.5) is 0 Å². The standard InChI is InChI=1S/C63H108O6/c1-4-7-10-13-16-19-22-25-28-30-32-35-38-41-44-47-50-53-56-62(65)68-59-60(58-67-61(64)55-52-49-46-43-40-37-34-27-24-21-18-15-12-9-6-3)69-63(66)57-54-51-48-45-42-39-36-33-31-29-26-23-20-17-14-11-8-5-2/h21-26,28-33,35-36,60H,4-20,27,34,37-59H2,1-3H3/b24-21-,25-22-,26-23-,30-28-,31-29-,35-32-,36-33-. The fourth-order valence-electron chi connectivity index (χ4n) is 8.03. The maximum Gasteiger partial charge on any atom is 0.306 e. The molecule has 6 nitrogen and oxygen atoms in total. The maximum absolute atomic E-state index is 12.9. The van der Waals surface area contributed by atoms with Crippen LogP contribution >= 0.6 is 0 Å². The van der Waals surface area contributed by atoms with Gasteiger partial charge in [-0.1, -0.05) is 247 Å². The van der Waals surface area contributed by atoms with Crippen LogP contribution in [0.1, 0.15) is 278 Å². The van der Waals surface area contributed by atoms with Gasteiger partial charge in [0.25, 0.3) is 0 Å². The fraction of sp³-hybridized carbons (Fsp3) is 0.730. The Bertz CT molecular complexity index is 1330. The molecule has 0 aliphatic heterocycles. The van der Waals surface area contributed by atoms with Gasteiger partial charge in [0.15, 0.2) is 6.10 Å². The number of hydrogen-bond donors (Lipinski definition) is 0. The summed E-state index contributed by atoms with van der Waals surface area (Å²) in [6.07, 6.45) is 74.2. The molecule has 0 aromatic rings. The van der Waals surface area contributed by atoms with E-state index in [0.717, 1.165) is 109 Å². The van der Waals surface area contributed by atoms with Crippen molar-refractivity contribution in [2.45, 2.75) is 284 Å². The molecule has 0 fully saturated rings. The van der Waals surface area contributed by atoms with Crippen LogP contribution in [0.25, 0.3) is 0 Å². The monoisotopic (exact) mass is 961 g/mol. The molecule has 69 heavy (non-hydrogen) atoms. The van der Waals surface area contributed by atoms with Gasteiger partial charge in [-0.25, -0.2) is 0 Å². The Morgan fingerprint density at radius 3 is 0.855 bits per heavy atom.